The summed E-state index contributed by atoms with van der Waals surface area (Å²) < 4.78 is 49.3. The molecular formula is C15H21FO5S. The molecule has 3 aliphatic rings. The number of rotatable bonds is 4. The van der Waals surface area contributed by atoms with Crippen molar-refractivity contribution in [2.75, 3.05) is 6.61 Å². The highest BCUT2D eigenvalue weighted by atomic mass is 32.2. The van der Waals surface area contributed by atoms with Crippen LogP contribution in [-0.2, 0) is 19.6 Å². The lowest BCUT2D eigenvalue weighted by molar-refractivity contribution is -0.154. The lowest BCUT2D eigenvalue weighted by Gasteiger charge is -2.36. The zero-order valence-corrected chi connectivity index (χ0v) is 13.7. The molecule has 0 spiro atoms. The summed E-state index contributed by atoms with van der Waals surface area (Å²) in [6, 6.07) is 0. The fourth-order valence-corrected chi connectivity index (χ4v) is 3.33. The van der Waals surface area contributed by atoms with Gasteiger partial charge < -0.3 is 4.74 Å². The van der Waals surface area contributed by atoms with Crippen molar-refractivity contribution >= 4 is 16.1 Å². The molecule has 5 nitrogen and oxygen atoms in total. The molecule has 124 valence electrons. The number of alkyl halides is 1. The molecule has 1 fully saturated rings. The van der Waals surface area contributed by atoms with Crippen molar-refractivity contribution in [2.45, 2.75) is 45.0 Å². The third-order valence-electron chi connectivity index (χ3n) is 4.15. The smallest absolute Gasteiger partial charge is 0.362 e. The lowest BCUT2D eigenvalue weighted by atomic mass is 9.71. The molecule has 0 aliphatic heterocycles. The summed E-state index contributed by atoms with van der Waals surface area (Å²) in [5.41, 5.74) is 2.16. The lowest BCUT2D eigenvalue weighted by Crippen LogP contribution is -2.42. The van der Waals surface area contributed by atoms with Crippen molar-refractivity contribution in [3.05, 3.63) is 23.3 Å². The summed E-state index contributed by atoms with van der Waals surface area (Å²) >= 11 is 0. The van der Waals surface area contributed by atoms with E-state index in [0.717, 1.165) is 12.8 Å². The van der Waals surface area contributed by atoms with E-state index in [-0.39, 0.29) is 12.5 Å². The average Bonchev–Trinajstić information content (AvgIpc) is 2.29. The highest BCUT2D eigenvalue weighted by Gasteiger charge is 2.48. The number of hydrogen-bond acceptors (Lipinski definition) is 4. The van der Waals surface area contributed by atoms with Crippen LogP contribution in [0.1, 0.15) is 40.0 Å². The molecule has 7 heteroatoms. The van der Waals surface area contributed by atoms with Crippen LogP contribution in [0.25, 0.3) is 0 Å². The number of halogens is 1. The summed E-state index contributed by atoms with van der Waals surface area (Å²) in [6.07, 6.45) is 6.78. The first-order valence-corrected chi connectivity index (χ1v) is 8.60. The maximum absolute atomic E-state index is 13.8. The maximum Gasteiger partial charge on any atom is 0.362 e. The molecule has 0 aromatic heterocycles. The number of carbonyl (C=O) groups excluding carboxylic acids is 1. The van der Waals surface area contributed by atoms with Gasteiger partial charge in [-0.15, -0.1) is 0 Å². The second-order valence-corrected chi connectivity index (χ2v) is 8.50. The molecule has 3 rings (SSSR count). The molecule has 3 unspecified atom stereocenters. The van der Waals surface area contributed by atoms with Gasteiger partial charge in [-0.05, 0) is 32.1 Å². The standard InChI is InChI=1S/C15H21FO5S/c1-10-4-11-5-12(6-11)8-14(2,7-10)9-21-13(17)15(3,16)22(18,19)20/h4,8,10H,5-7,9H2,1-3H3,(H,18,19,20). The van der Waals surface area contributed by atoms with E-state index in [1.807, 2.05) is 13.0 Å². The van der Waals surface area contributed by atoms with Gasteiger partial charge in [0.05, 0.1) is 0 Å². The van der Waals surface area contributed by atoms with Crippen molar-refractivity contribution in [1.29, 1.82) is 0 Å². The second-order valence-electron chi connectivity index (χ2n) is 6.78. The van der Waals surface area contributed by atoms with Gasteiger partial charge in [0, 0.05) is 5.41 Å². The van der Waals surface area contributed by atoms with E-state index in [0.29, 0.717) is 13.3 Å². The van der Waals surface area contributed by atoms with E-state index in [9.17, 15) is 17.6 Å². The molecule has 1 N–H and O–H groups in total. The molecule has 3 aliphatic carbocycles. The summed E-state index contributed by atoms with van der Waals surface area (Å²) in [5.74, 6) is -1.30. The van der Waals surface area contributed by atoms with Gasteiger partial charge in [-0.2, -0.15) is 8.42 Å². The van der Waals surface area contributed by atoms with E-state index in [4.69, 9.17) is 9.29 Å². The Balaban J connectivity index is 2.08. The molecule has 3 atom stereocenters. The highest BCUT2D eigenvalue weighted by Crippen LogP contribution is 2.42. The summed E-state index contributed by atoms with van der Waals surface area (Å²) in [5, 5.41) is -3.45. The van der Waals surface area contributed by atoms with Gasteiger partial charge >= 0.3 is 21.1 Å². The molecule has 0 aromatic rings. The number of allylic oxidation sites excluding steroid dienone is 3. The van der Waals surface area contributed by atoms with Crippen LogP contribution in [0, 0.1) is 11.3 Å². The average molecular weight is 332 g/mol. The Morgan fingerprint density at radius 1 is 1.50 bits per heavy atom. The Bertz CT molecular complexity index is 637. The van der Waals surface area contributed by atoms with E-state index in [1.165, 1.54) is 11.1 Å². The number of esters is 1. The minimum absolute atomic E-state index is 0.127. The zero-order chi connectivity index (χ0) is 16.8. The first-order chi connectivity index (χ1) is 9.93. The summed E-state index contributed by atoms with van der Waals surface area (Å²) in [6.45, 7) is 4.30. The predicted octanol–water partition coefficient (Wildman–Crippen LogP) is 2.80. The largest absolute Gasteiger partial charge is 0.462 e. The van der Waals surface area contributed by atoms with Crippen LogP contribution in [0.2, 0.25) is 0 Å². The van der Waals surface area contributed by atoms with Gasteiger partial charge in [-0.1, -0.05) is 37.1 Å². The SMILES string of the molecule is CC1C=C2CC(=CC(C)(COC(=O)C(C)(F)S(=O)(=O)O)C1)C2. The van der Waals surface area contributed by atoms with Crippen LogP contribution >= 0.6 is 0 Å². The normalized spacial score (nSPS) is 30.9. The molecule has 0 amide bonds. The van der Waals surface area contributed by atoms with Crippen LogP contribution in [0.3, 0.4) is 0 Å². The fraction of sp³-hybridized carbons (Fsp3) is 0.667. The number of carbonyl (C=O) groups is 1. The zero-order valence-electron chi connectivity index (χ0n) is 12.9. The molecule has 22 heavy (non-hydrogen) atoms. The summed E-state index contributed by atoms with van der Waals surface area (Å²) in [7, 11) is -5.17. The molecule has 0 saturated heterocycles. The number of ether oxygens (including phenoxy) is 1. The van der Waals surface area contributed by atoms with Crippen LogP contribution < -0.4 is 0 Å². The van der Waals surface area contributed by atoms with Gasteiger partial charge in [0.15, 0.2) is 0 Å². The van der Waals surface area contributed by atoms with Crippen LogP contribution in [-0.4, -0.2) is 30.5 Å². The van der Waals surface area contributed by atoms with Crippen molar-refractivity contribution < 1.29 is 26.9 Å². The number of fused-ring (bicyclic) bond motifs is 4. The van der Waals surface area contributed by atoms with Crippen LogP contribution in [0.15, 0.2) is 23.3 Å². The third kappa shape index (κ3) is 3.41. The van der Waals surface area contributed by atoms with Crippen molar-refractivity contribution in [3.8, 4) is 0 Å². The Kier molecular flexibility index (Phi) is 4.25. The van der Waals surface area contributed by atoms with E-state index < -0.39 is 26.5 Å². The molecule has 0 radical (unpaired) electrons. The maximum atomic E-state index is 13.8. The second kappa shape index (κ2) is 5.45. The molecule has 1 saturated carbocycles. The highest BCUT2D eigenvalue weighted by molar-refractivity contribution is 7.87. The third-order valence-corrected chi connectivity index (χ3v) is 5.29. The fourth-order valence-electron chi connectivity index (χ4n) is 3.07. The predicted molar refractivity (Wildman–Crippen MR) is 79.3 cm³/mol. The van der Waals surface area contributed by atoms with E-state index in [2.05, 4.69) is 13.0 Å². The van der Waals surface area contributed by atoms with Gasteiger partial charge in [0.2, 0.25) is 0 Å². The van der Waals surface area contributed by atoms with E-state index in [1.54, 1.807) is 0 Å². The summed E-state index contributed by atoms with van der Waals surface area (Å²) in [4.78, 5) is 11.7. The van der Waals surface area contributed by atoms with Gasteiger partial charge in [-0.3, -0.25) is 4.55 Å². The first-order valence-electron chi connectivity index (χ1n) is 7.16. The van der Waals surface area contributed by atoms with Crippen molar-refractivity contribution in [2.24, 2.45) is 11.3 Å². The first kappa shape index (κ1) is 17.1. The Labute approximate surface area is 130 Å². The molecule has 2 bridgehead atoms. The monoisotopic (exact) mass is 332 g/mol. The molecule has 0 aromatic carbocycles. The van der Waals surface area contributed by atoms with Crippen molar-refractivity contribution in [3.63, 3.8) is 0 Å². The number of hydrogen-bond donors (Lipinski definition) is 1. The topological polar surface area (TPSA) is 80.7 Å². The van der Waals surface area contributed by atoms with Gasteiger partial charge in [-0.25, -0.2) is 9.18 Å². The Morgan fingerprint density at radius 3 is 2.64 bits per heavy atom. The Hall–Kier alpha value is -1.21. The van der Waals surface area contributed by atoms with Crippen molar-refractivity contribution in [1.82, 2.24) is 0 Å². The minimum Gasteiger partial charge on any atom is -0.462 e. The quantitative estimate of drug-likeness (QED) is 0.486. The minimum atomic E-state index is -5.17. The van der Waals surface area contributed by atoms with Gasteiger partial charge in [0.25, 0.3) is 0 Å². The molecular weight excluding hydrogens is 311 g/mol. The van der Waals surface area contributed by atoms with Gasteiger partial charge in [0.1, 0.15) is 6.61 Å². The van der Waals surface area contributed by atoms with Crippen LogP contribution in [0.4, 0.5) is 4.39 Å². The van der Waals surface area contributed by atoms with E-state index >= 15 is 0 Å². The molecule has 0 heterocycles. The Morgan fingerprint density at radius 2 is 2.09 bits per heavy atom. The van der Waals surface area contributed by atoms with Crippen LogP contribution in [0.5, 0.6) is 0 Å².